The molecule has 2 unspecified atom stereocenters. The third kappa shape index (κ3) is 3.93. The molecule has 108 valence electrons. The van der Waals surface area contributed by atoms with Crippen LogP contribution in [0, 0.1) is 0 Å². The Morgan fingerprint density at radius 1 is 1.21 bits per heavy atom. The summed E-state index contributed by atoms with van der Waals surface area (Å²) >= 11 is 0. The van der Waals surface area contributed by atoms with E-state index in [-0.39, 0.29) is 0 Å². The molecule has 0 spiro atoms. The number of para-hydroxylation sites is 1. The van der Waals surface area contributed by atoms with E-state index in [2.05, 4.69) is 0 Å². The number of methoxy groups -OCH3 is 2. The van der Waals surface area contributed by atoms with Crippen LogP contribution in [0.5, 0.6) is 5.75 Å². The molecular formula is C15H24O4. The number of hydrogen-bond acceptors (Lipinski definition) is 4. The van der Waals surface area contributed by atoms with Crippen molar-refractivity contribution in [2.75, 3.05) is 27.4 Å². The Bertz CT molecular complexity index is 374. The number of aliphatic hydroxyl groups excluding tert-OH is 1. The first kappa shape index (κ1) is 16.0. The van der Waals surface area contributed by atoms with Crippen LogP contribution in [0.25, 0.3) is 0 Å². The molecule has 0 aliphatic heterocycles. The van der Waals surface area contributed by atoms with Crippen molar-refractivity contribution in [3.05, 3.63) is 29.8 Å². The van der Waals surface area contributed by atoms with Gasteiger partial charge in [0.05, 0.1) is 12.2 Å². The van der Waals surface area contributed by atoms with Gasteiger partial charge in [0.2, 0.25) is 0 Å². The van der Waals surface area contributed by atoms with E-state index in [4.69, 9.17) is 14.2 Å². The molecule has 0 radical (unpaired) electrons. The molecule has 0 aliphatic carbocycles. The lowest BCUT2D eigenvalue weighted by Crippen LogP contribution is -2.34. The van der Waals surface area contributed by atoms with Gasteiger partial charge in [-0.25, -0.2) is 0 Å². The molecule has 1 aromatic rings. The summed E-state index contributed by atoms with van der Waals surface area (Å²) in [5, 5.41) is 10.5. The van der Waals surface area contributed by atoms with Crippen molar-refractivity contribution in [3.63, 3.8) is 0 Å². The van der Waals surface area contributed by atoms with Crippen molar-refractivity contribution in [1.29, 1.82) is 0 Å². The largest absolute Gasteiger partial charge is 0.491 e. The van der Waals surface area contributed by atoms with Gasteiger partial charge in [-0.3, -0.25) is 0 Å². The maximum absolute atomic E-state index is 10.5. The topological polar surface area (TPSA) is 47.9 Å². The summed E-state index contributed by atoms with van der Waals surface area (Å²) in [6.45, 7) is 4.85. The number of benzene rings is 1. The quantitative estimate of drug-likeness (QED) is 0.736. The molecule has 2 atom stereocenters. The fraction of sp³-hybridized carbons (Fsp3) is 0.600. The zero-order valence-electron chi connectivity index (χ0n) is 12.2. The van der Waals surface area contributed by atoms with Crippen molar-refractivity contribution in [2.24, 2.45) is 0 Å². The summed E-state index contributed by atoms with van der Waals surface area (Å²) in [5.41, 5.74) is 0.116. The molecule has 19 heavy (non-hydrogen) atoms. The summed E-state index contributed by atoms with van der Waals surface area (Å²) in [6.07, 6.45) is -0.0295. The second-order valence-electron chi connectivity index (χ2n) is 4.65. The van der Waals surface area contributed by atoms with E-state index in [9.17, 15) is 5.11 Å². The van der Waals surface area contributed by atoms with Crippen molar-refractivity contribution in [1.82, 2.24) is 0 Å². The first-order valence-electron chi connectivity index (χ1n) is 6.53. The van der Waals surface area contributed by atoms with E-state index in [1.54, 1.807) is 14.2 Å². The standard InChI is InChI=1S/C15H24O4/c1-5-15(2,18-4)14(16)12-8-6-7-9-13(12)19-11-10-17-3/h6-9,14,16H,5,10-11H2,1-4H3. The van der Waals surface area contributed by atoms with Crippen LogP contribution < -0.4 is 4.74 Å². The van der Waals surface area contributed by atoms with Gasteiger partial charge in [0, 0.05) is 19.8 Å². The number of hydrogen-bond donors (Lipinski definition) is 1. The first-order chi connectivity index (χ1) is 9.09. The molecule has 0 aromatic heterocycles. The lowest BCUT2D eigenvalue weighted by Gasteiger charge is -2.33. The molecular weight excluding hydrogens is 244 g/mol. The second kappa shape index (κ2) is 7.48. The van der Waals surface area contributed by atoms with Gasteiger partial charge in [-0.1, -0.05) is 25.1 Å². The van der Waals surface area contributed by atoms with Crippen LogP contribution in [0.1, 0.15) is 31.9 Å². The van der Waals surface area contributed by atoms with Gasteiger partial charge in [0.15, 0.2) is 0 Å². The van der Waals surface area contributed by atoms with Crippen LogP contribution in [-0.4, -0.2) is 38.1 Å². The molecule has 0 saturated heterocycles. The van der Waals surface area contributed by atoms with E-state index >= 15 is 0 Å². The summed E-state index contributed by atoms with van der Waals surface area (Å²) < 4.78 is 16.1. The fourth-order valence-corrected chi connectivity index (χ4v) is 1.85. The third-order valence-electron chi connectivity index (χ3n) is 3.51. The maximum atomic E-state index is 10.5. The van der Waals surface area contributed by atoms with Crippen LogP contribution >= 0.6 is 0 Å². The summed E-state index contributed by atoms with van der Waals surface area (Å²) in [6, 6.07) is 7.47. The highest BCUT2D eigenvalue weighted by molar-refractivity contribution is 5.36. The van der Waals surface area contributed by atoms with Crippen molar-refractivity contribution in [3.8, 4) is 5.75 Å². The molecule has 0 aliphatic rings. The molecule has 0 amide bonds. The van der Waals surface area contributed by atoms with Crippen molar-refractivity contribution >= 4 is 0 Å². The van der Waals surface area contributed by atoms with E-state index in [0.29, 0.717) is 25.4 Å². The van der Waals surface area contributed by atoms with Gasteiger partial charge in [-0.15, -0.1) is 0 Å². The summed E-state index contributed by atoms with van der Waals surface area (Å²) in [4.78, 5) is 0. The van der Waals surface area contributed by atoms with Gasteiger partial charge in [-0.05, 0) is 19.4 Å². The van der Waals surface area contributed by atoms with Gasteiger partial charge >= 0.3 is 0 Å². The predicted molar refractivity (Wildman–Crippen MR) is 74.5 cm³/mol. The van der Waals surface area contributed by atoms with E-state index < -0.39 is 11.7 Å². The Morgan fingerprint density at radius 2 is 1.89 bits per heavy atom. The summed E-state index contributed by atoms with van der Waals surface area (Å²) in [5.74, 6) is 0.670. The Hall–Kier alpha value is -1.10. The minimum atomic E-state index is -0.735. The number of aliphatic hydroxyl groups is 1. The second-order valence-corrected chi connectivity index (χ2v) is 4.65. The van der Waals surface area contributed by atoms with E-state index in [1.807, 2.05) is 38.1 Å². The minimum absolute atomic E-state index is 0.454. The maximum Gasteiger partial charge on any atom is 0.125 e. The number of rotatable bonds is 8. The average Bonchev–Trinajstić information content (AvgIpc) is 2.46. The normalized spacial score (nSPS) is 15.8. The minimum Gasteiger partial charge on any atom is -0.491 e. The highest BCUT2D eigenvalue weighted by Gasteiger charge is 2.33. The molecule has 0 fully saturated rings. The highest BCUT2D eigenvalue weighted by atomic mass is 16.5. The average molecular weight is 268 g/mol. The van der Waals surface area contributed by atoms with Crippen LogP contribution in [0.3, 0.4) is 0 Å². The molecule has 0 saturated carbocycles. The van der Waals surface area contributed by atoms with Gasteiger partial charge in [-0.2, -0.15) is 0 Å². The first-order valence-corrected chi connectivity index (χ1v) is 6.53. The fourth-order valence-electron chi connectivity index (χ4n) is 1.85. The molecule has 1 N–H and O–H groups in total. The lowest BCUT2D eigenvalue weighted by molar-refractivity contribution is -0.0952. The van der Waals surface area contributed by atoms with Crippen LogP contribution in [0.4, 0.5) is 0 Å². The monoisotopic (exact) mass is 268 g/mol. The molecule has 1 aromatic carbocycles. The number of ether oxygens (including phenoxy) is 3. The lowest BCUT2D eigenvalue weighted by atomic mass is 9.90. The Kier molecular flexibility index (Phi) is 6.28. The Labute approximate surface area is 115 Å². The smallest absolute Gasteiger partial charge is 0.125 e. The van der Waals surface area contributed by atoms with Gasteiger partial charge < -0.3 is 19.3 Å². The van der Waals surface area contributed by atoms with Gasteiger partial charge in [0.25, 0.3) is 0 Å². The Morgan fingerprint density at radius 3 is 2.47 bits per heavy atom. The zero-order valence-corrected chi connectivity index (χ0v) is 12.2. The van der Waals surface area contributed by atoms with Gasteiger partial charge in [0.1, 0.15) is 18.5 Å². The molecule has 1 rings (SSSR count). The van der Waals surface area contributed by atoms with Crippen LogP contribution in [0.15, 0.2) is 24.3 Å². The third-order valence-corrected chi connectivity index (χ3v) is 3.51. The molecule has 0 heterocycles. The highest BCUT2D eigenvalue weighted by Crippen LogP contribution is 2.36. The van der Waals surface area contributed by atoms with Crippen molar-refractivity contribution in [2.45, 2.75) is 32.0 Å². The van der Waals surface area contributed by atoms with Crippen molar-refractivity contribution < 1.29 is 19.3 Å². The Balaban J connectivity index is 2.92. The van der Waals surface area contributed by atoms with E-state index in [1.165, 1.54) is 0 Å². The SMILES string of the molecule is CCC(C)(OC)C(O)c1ccccc1OCCOC. The molecule has 4 heteroatoms. The predicted octanol–water partition coefficient (Wildman–Crippen LogP) is 2.56. The zero-order chi connectivity index (χ0) is 14.3. The molecule has 4 nitrogen and oxygen atoms in total. The van der Waals surface area contributed by atoms with E-state index in [0.717, 1.165) is 5.56 Å². The molecule has 0 bridgehead atoms. The van der Waals surface area contributed by atoms with Crippen LogP contribution in [-0.2, 0) is 9.47 Å². The summed E-state index contributed by atoms with van der Waals surface area (Å²) in [7, 11) is 3.24. The van der Waals surface area contributed by atoms with Crippen LogP contribution in [0.2, 0.25) is 0 Å².